The Morgan fingerprint density at radius 1 is 0.969 bits per heavy atom. The molecule has 170 valence electrons. The van der Waals surface area contributed by atoms with Gasteiger partial charge in [0.15, 0.2) is 3.92 Å². The number of aromatic nitrogens is 1. The van der Waals surface area contributed by atoms with Crippen LogP contribution in [-0.2, 0) is 10.9 Å². The van der Waals surface area contributed by atoms with Gasteiger partial charge in [-0.05, 0) is 64.4 Å². The predicted molar refractivity (Wildman–Crippen MR) is 113 cm³/mol. The Balaban J connectivity index is 1.68. The SMILES string of the molecule is FC(F)(F)OC1CC[C@H](c2cccc(-c3sc(Br)nc3-c3ccccc3C(F)(F)F)c2)C1. The number of hydrogen-bond acceptors (Lipinski definition) is 3. The Morgan fingerprint density at radius 2 is 1.72 bits per heavy atom. The molecule has 1 saturated carbocycles. The summed E-state index contributed by atoms with van der Waals surface area (Å²) in [5.41, 5.74) is 0.893. The third-order valence-electron chi connectivity index (χ3n) is 5.39. The van der Waals surface area contributed by atoms with Gasteiger partial charge < -0.3 is 0 Å². The highest BCUT2D eigenvalue weighted by molar-refractivity contribution is 9.11. The van der Waals surface area contributed by atoms with E-state index in [1.165, 1.54) is 29.5 Å². The molecule has 1 fully saturated rings. The van der Waals surface area contributed by atoms with Gasteiger partial charge in [0.05, 0.1) is 22.2 Å². The third kappa shape index (κ3) is 5.18. The Labute approximate surface area is 192 Å². The van der Waals surface area contributed by atoms with E-state index in [0.29, 0.717) is 27.2 Å². The normalized spacial score (nSPS) is 19.5. The van der Waals surface area contributed by atoms with Gasteiger partial charge in [0.1, 0.15) is 0 Å². The molecule has 0 spiro atoms. The summed E-state index contributed by atoms with van der Waals surface area (Å²) < 4.78 is 82.9. The summed E-state index contributed by atoms with van der Waals surface area (Å²) in [6.45, 7) is 0. The molecule has 2 nitrogen and oxygen atoms in total. The zero-order chi connectivity index (χ0) is 23.1. The lowest BCUT2D eigenvalue weighted by atomic mass is 9.94. The van der Waals surface area contributed by atoms with Gasteiger partial charge >= 0.3 is 12.5 Å². The fourth-order valence-corrected chi connectivity index (χ4v) is 5.55. The molecule has 1 aliphatic carbocycles. The molecule has 0 radical (unpaired) electrons. The zero-order valence-electron chi connectivity index (χ0n) is 16.3. The fraction of sp³-hybridized carbons (Fsp3) is 0.318. The van der Waals surface area contributed by atoms with E-state index >= 15 is 0 Å². The van der Waals surface area contributed by atoms with Crippen LogP contribution in [0.3, 0.4) is 0 Å². The van der Waals surface area contributed by atoms with E-state index in [9.17, 15) is 26.3 Å². The summed E-state index contributed by atoms with van der Waals surface area (Å²) >= 11 is 4.48. The number of benzene rings is 2. The lowest BCUT2D eigenvalue weighted by molar-refractivity contribution is -0.341. The van der Waals surface area contributed by atoms with E-state index in [-0.39, 0.29) is 23.6 Å². The zero-order valence-corrected chi connectivity index (χ0v) is 18.7. The minimum Gasteiger partial charge on any atom is -0.289 e. The summed E-state index contributed by atoms with van der Waals surface area (Å²) in [7, 11) is 0. The number of alkyl halides is 6. The van der Waals surface area contributed by atoms with E-state index < -0.39 is 24.2 Å². The molecule has 2 aromatic carbocycles. The van der Waals surface area contributed by atoms with Crippen LogP contribution in [0.2, 0.25) is 0 Å². The average Bonchev–Trinajstić information content (AvgIpc) is 3.33. The minimum atomic E-state index is -4.67. The first kappa shape index (κ1) is 23.3. The first-order valence-electron chi connectivity index (χ1n) is 9.69. The number of rotatable bonds is 4. The Hall–Kier alpha value is -1.91. The van der Waals surface area contributed by atoms with Crippen molar-refractivity contribution in [2.45, 2.75) is 43.8 Å². The van der Waals surface area contributed by atoms with Crippen LogP contribution in [0.4, 0.5) is 26.3 Å². The van der Waals surface area contributed by atoms with E-state index in [1.54, 1.807) is 12.1 Å². The molecule has 1 heterocycles. The first-order valence-corrected chi connectivity index (χ1v) is 11.3. The molecule has 1 aromatic heterocycles. The molecule has 10 heteroatoms. The van der Waals surface area contributed by atoms with Crippen molar-refractivity contribution in [1.29, 1.82) is 0 Å². The van der Waals surface area contributed by atoms with Crippen LogP contribution in [0.1, 0.15) is 36.3 Å². The van der Waals surface area contributed by atoms with Crippen molar-refractivity contribution in [3.05, 3.63) is 63.6 Å². The lowest BCUT2D eigenvalue weighted by Crippen LogP contribution is -2.21. The maximum atomic E-state index is 13.6. The first-order chi connectivity index (χ1) is 15.0. The third-order valence-corrected chi connectivity index (χ3v) is 6.95. The van der Waals surface area contributed by atoms with Gasteiger partial charge in [-0.15, -0.1) is 24.5 Å². The van der Waals surface area contributed by atoms with Crippen molar-refractivity contribution in [3.63, 3.8) is 0 Å². The van der Waals surface area contributed by atoms with Crippen molar-refractivity contribution in [3.8, 4) is 21.7 Å². The van der Waals surface area contributed by atoms with Gasteiger partial charge in [-0.2, -0.15) is 13.2 Å². The molecular weight excluding hydrogens is 520 g/mol. The van der Waals surface area contributed by atoms with Crippen LogP contribution >= 0.6 is 27.3 Å². The molecule has 0 saturated heterocycles. The average molecular weight is 536 g/mol. The van der Waals surface area contributed by atoms with Gasteiger partial charge in [0.25, 0.3) is 0 Å². The van der Waals surface area contributed by atoms with Gasteiger partial charge in [-0.1, -0.05) is 36.4 Å². The highest BCUT2D eigenvalue weighted by Gasteiger charge is 2.38. The Kier molecular flexibility index (Phi) is 6.39. The quantitative estimate of drug-likeness (QED) is 0.313. The highest BCUT2D eigenvalue weighted by Crippen LogP contribution is 2.45. The van der Waals surface area contributed by atoms with Crippen molar-refractivity contribution in [2.24, 2.45) is 0 Å². The summed E-state index contributed by atoms with van der Waals surface area (Å²) in [5.74, 6) is -0.121. The molecular formula is C22H16BrF6NOS. The molecule has 0 aliphatic heterocycles. The van der Waals surface area contributed by atoms with Crippen LogP contribution < -0.4 is 0 Å². The number of thiazole rings is 1. The van der Waals surface area contributed by atoms with Crippen molar-refractivity contribution < 1.29 is 31.1 Å². The van der Waals surface area contributed by atoms with Gasteiger partial charge in [-0.3, -0.25) is 4.74 Å². The van der Waals surface area contributed by atoms with E-state index in [1.807, 2.05) is 12.1 Å². The monoisotopic (exact) mass is 535 g/mol. The molecule has 0 amide bonds. The minimum absolute atomic E-state index is 0.0261. The number of ether oxygens (including phenoxy) is 1. The van der Waals surface area contributed by atoms with Crippen molar-refractivity contribution in [2.75, 3.05) is 0 Å². The van der Waals surface area contributed by atoms with Crippen LogP contribution in [0.5, 0.6) is 0 Å². The van der Waals surface area contributed by atoms with Crippen LogP contribution in [0, 0.1) is 0 Å². The molecule has 1 unspecified atom stereocenters. The summed E-state index contributed by atoms with van der Waals surface area (Å²) in [6, 6.07) is 12.4. The van der Waals surface area contributed by atoms with Crippen LogP contribution in [-0.4, -0.2) is 17.5 Å². The van der Waals surface area contributed by atoms with Crippen molar-refractivity contribution >= 4 is 27.3 Å². The number of hydrogen-bond donors (Lipinski definition) is 0. The molecule has 4 rings (SSSR count). The second-order valence-electron chi connectivity index (χ2n) is 7.51. The van der Waals surface area contributed by atoms with Crippen molar-refractivity contribution in [1.82, 2.24) is 4.98 Å². The molecule has 1 aliphatic rings. The van der Waals surface area contributed by atoms with E-state index in [4.69, 9.17) is 0 Å². The summed E-state index contributed by atoms with van der Waals surface area (Å²) in [5, 5.41) is 0. The maximum Gasteiger partial charge on any atom is 0.522 e. The highest BCUT2D eigenvalue weighted by atomic mass is 79.9. The number of halogens is 7. The largest absolute Gasteiger partial charge is 0.522 e. The molecule has 2 atom stereocenters. The van der Waals surface area contributed by atoms with E-state index in [0.717, 1.165) is 11.6 Å². The molecule has 32 heavy (non-hydrogen) atoms. The predicted octanol–water partition coefficient (Wildman–Crippen LogP) is 8.43. The fourth-order valence-electron chi connectivity index (χ4n) is 4.08. The Morgan fingerprint density at radius 3 is 2.44 bits per heavy atom. The standard InChI is InChI=1S/C22H16BrF6NOS/c23-20-30-18(16-6-1-2-7-17(16)21(24,25)26)19(32-20)14-5-3-4-12(10-14)13-8-9-15(11-13)31-22(27,28)29/h1-7,10,13,15H,8-9,11H2/t13-,15?/m0/s1. The topological polar surface area (TPSA) is 22.1 Å². The molecule has 0 N–H and O–H groups in total. The second-order valence-corrected chi connectivity index (χ2v) is 9.78. The molecule has 3 aromatic rings. The summed E-state index contributed by atoms with van der Waals surface area (Å²) in [6.07, 6.45) is -9.03. The smallest absolute Gasteiger partial charge is 0.289 e. The van der Waals surface area contributed by atoms with Gasteiger partial charge in [0.2, 0.25) is 0 Å². The summed E-state index contributed by atoms with van der Waals surface area (Å²) in [4.78, 5) is 4.85. The lowest BCUT2D eigenvalue weighted by Gasteiger charge is -2.15. The maximum absolute atomic E-state index is 13.6. The number of nitrogens with zero attached hydrogens (tertiary/aromatic N) is 1. The van der Waals surface area contributed by atoms with Crippen LogP contribution in [0.25, 0.3) is 21.7 Å². The molecule has 0 bridgehead atoms. The van der Waals surface area contributed by atoms with Gasteiger partial charge in [-0.25, -0.2) is 4.98 Å². The second kappa shape index (κ2) is 8.79. The Bertz CT molecular complexity index is 1110. The van der Waals surface area contributed by atoms with Crippen LogP contribution in [0.15, 0.2) is 52.4 Å². The van der Waals surface area contributed by atoms with E-state index in [2.05, 4.69) is 25.7 Å². The van der Waals surface area contributed by atoms with Gasteiger partial charge in [0, 0.05) is 5.56 Å².